The van der Waals surface area contributed by atoms with Crippen molar-refractivity contribution in [1.29, 1.82) is 0 Å². The minimum Gasteiger partial charge on any atom is -0.496 e. The molecule has 3 aromatic rings. The summed E-state index contributed by atoms with van der Waals surface area (Å²) in [6, 6.07) is 20.5. The van der Waals surface area contributed by atoms with Crippen molar-refractivity contribution >= 4 is 27.6 Å². The monoisotopic (exact) mass is 554 g/mol. The topological polar surface area (TPSA) is 120 Å². The molecule has 39 heavy (non-hydrogen) atoms. The molecule has 10 heteroatoms. The number of hydrogen-bond acceptors (Lipinski definition) is 8. The second-order valence-electron chi connectivity index (χ2n) is 8.80. The molecule has 0 aromatic heterocycles. The lowest BCUT2D eigenvalue weighted by molar-refractivity contribution is -0.145. The first-order chi connectivity index (χ1) is 18.7. The Morgan fingerprint density at radius 1 is 0.872 bits per heavy atom. The molecule has 0 aliphatic heterocycles. The highest BCUT2D eigenvalue weighted by molar-refractivity contribution is 7.92. The molecule has 0 unspecified atom stereocenters. The van der Waals surface area contributed by atoms with Crippen molar-refractivity contribution in [1.82, 2.24) is 5.32 Å². The summed E-state index contributed by atoms with van der Waals surface area (Å²) in [5, 5.41) is 3.28. The van der Waals surface area contributed by atoms with Crippen molar-refractivity contribution in [3.8, 4) is 16.9 Å². The van der Waals surface area contributed by atoms with Crippen LogP contribution in [0.2, 0.25) is 0 Å². The van der Waals surface area contributed by atoms with Crippen molar-refractivity contribution < 1.29 is 32.2 Å². The Morgan fingerprint density at radius 2 is 1.59 bits per heavy atom. The molecule has 2 N–H and O–H groups in total. The van der Waals surface area contributed by atoms with Crippen LogP contribution in [0.1, 0.15) is 30.0 Å². The number of anilines is 1. The number of rotatable bonds is 14. The zero-order valence-electron chi connectivity index (χ0n) is 22.4. The second kappa shape index (κ2) is 14.3. The Hall–Kier alpha value is -3.89. The number of ether oxygens (including phenoxy) is 3. The standard InChI is InChI=1S/C29H34N2O7S/c1-4-37-29(33)17-23-16-25(27(36-2)18-26(23)31-39(3,34)35)24-13-9-8-12-22(24)19-30-15-14-28(32)38-20-21-10-6-5-7-11-21/h5-13,16,18,30-31H,4,14-15,17,19-20H2,1-3H3. The Balaban J connectivity index is 1.76. The van der Waals surface area contributed by atoms with Crippen LogP contribution >= 0.6 is 0 Å². The second-order valence-corrected chi connectivity index (χ2v) is 10.5. The number of hydrogen-bond donors (Lipinski definition) is 2. The molecule has 0 atom stereocenters. The van der Waals surface area contributed by atoms with Gasteiger partial charge in [-0.25, -0.2) is 8.42 Å². The third-order valence-corrected chi connectivity index (χ3v) is 6.32. The smallest absolute Gasteiger partial charge is 0.310 e. The van der Waals surface area contributed by atoms with E-state index < -0.39 is 16.0 Å². The van der Waals surface area contributed by atoms with Crippen LogP contribution in [0.3, 0.4) is 0 Å². The van der Waals surface area contributed by atoms with Crippen molar-refractivity contribution in [2.45, 2.75) is 32.9 Å². The predicted molar refractivity (Wildman–Crippen MR) is 150 cm³/mol. The summed E-state index contributed by atoms with van der Waals surface area (Å²) in [5.41, 5.74) is 4.09. The van der Waals surface area contributed by atoms with Crippen molar-refractivity contribution in [3.63, 3.8) is 0 Å². The zero-order chi connectivity index (χ0) is 28.3. The number of sulfonamides is 1. The molecule has 0 heterocycles. The summed E-state index contributed by atoms with van der Waals surface area (Å²) < 4.78 is 42.4. The average molecular weight is 555 g/mol. The van der Waals surface area contributed by atoms with Gasteiger partial charge in [0.05, 0.1) is 38.5 Å². The molecule has 0 radical (unpaired) electrons. The molecule has 9 nitrogen and oxygen atoms in total. The molecular formula is C29H34N2O7S. The maximum Gasteiger partial charge on any atom is 0.310 e. The van der Waals surface area contributed by atoms with Crippen LogP contribution in [0.25, 0.3) is 11.1 Å². The number of esters is 2. The fourth-order valence-corrected chi connectivity index (χ4v) is 4.56. The highest BCUT2D eigenvalue weighted by Crippen LogP contribution is 2.37. The summed E-state index contributed by atoms with van der Waals surface area (Å²) in [4.78, 5) is 24.4. The van der Waals surface area contributed by atoms with E-state index in [-0.39, 0.29) is 37.7 Å². The maximum atomic E-state index is 12.3. The van der Waals surface area contributed by atoms with Gasteiger partial charge in [0.25, 0.3) is 0 Å². The van der Waals surface area contributed by atoms with Crippen molar-refractivity contribution in [2.75, 3.05) is 31.2 Å². The van der Waals surface area contributed by atoms with Crippen LogP contribution in [-0.4, -0.2) is 46.9 Å². The first-order valence-corrected chi connectivity index (χ1v) is 14.4. The van der Waals surface area contributed by atoms with E-state index in [0.717, 1.165) is 22.9 Å². The first kappa shape index (κ1) is 29.7. The molecule has 0 aliphatic carbocycles. The predicted octanol–water partition coefficient (Wildman–Crippen LogP) is 4.06. The molecule has 3 rings (SSSR count). The van der Waals surface area contributed by atoms with Crippen LogP contribution in [0.15, 0.2) is 66.7 Å². The van der Waals surface area contributed by atoms with E-state index in [2.05, 4.69) is 10.0 Å². The molecule has 0 fully saturated rings. The summed E-state index contributed by atoms with van der Waals surface area (Å²) in [7, 11) is -2.11. The molecule has 0 spiro atoms. The van der Waals surface area contributed by atoms with Gasteiger partial charge in [-0.05, 0) is 35.2 Å². The molecule has 3 aromatic carbocycles. The van der Waals surface area contributed by atoms with Crippen LogP contribution in [0, 0.1) is 0 Å². The van der Waals surface area contributed by atoms with E-state index >= 15 is 0 Å². The van der Waals surface area contributed by atoms with Gasteiger partial charge >= 0.3 is 11.9 Å². The van der Waals surface area contributed by atoms with E-state index in [1.807, 2.05) is 54.6 Å². The van der Waals surface area contributed by atoms with Crippen molar-refractivity contribution in [3.05, 3.63) is 83.4 Å². The lowest BCUT2D eigenvalue weighted by atomic mass is 9.95. The average Bonchev–Trinajstić information content (AvgIpc) is 2.91. The van der Waals surface area contributed by atoms with Gasteiger partial charge in [0.1, 0.15) is 12.4 Å². The molecule has 208 valence electrons. The van der Waals surface area contributed by atoms with E-state index in [0.29, 0.717) is 30.0 Å². The van der Waals surface area contributed by atoms with E-state index in [9.17, 15) is 18.0 Å². The van der Waals surface area contributed by atoms with Gasteiger partial charge in [-0.2, -0.15) is 0 Å². The minimum absolute atomic E-state index is 0.117. The SMILES string of the molecule is CCOC(=O)Cc1cc(-c2ccccc2CNCCC(=O)OCc2ccccc2)c(OC)cc1NS(C)(=O)=O. The molecule has 0 saturated carbocycles. The number of methoxy groups -OCH3 is 1. The highest BCUT2D eigenvalue weighted by atomic mass is 32.2. The molecule has 0 saturated heterocycles. The third kappa shape index (κ3) is 9.42. The molecule has 0 bridgehead atoms. The number of benzene rings is 3. The van der Waals surface area contributed by atoms with Gasteiger partial charge in [-0.3, -0.25) is 14.3 Å². The summed E-state index contributed by atoms with van der Waals surface area (Å²) in [6.07, 6.45) is 1.14. The largest absolute Gasteiger partial charge is 0.496 e. The third-order valence-electron chi connectivity index (χ3n) is 5.73. The Labute approximate surface area is 229 Å². The first-order valence-electron chi connectivity index (χ1n) is 12.5. The van der Waals surface area contributed by atoms with E-state index in [1.54, 1.807) is 19.1 Å². The van der Waals surface area contributed by atoms with Gasteiger partial charge in [0.2, 0.25) is 10.0 Å². The summed E-state index contributed by atoms with van der Waals surface area (Å²) in [6.45, 7) is 3.04. The molecule has 0 aliphatic rings. The lowest BCUT2D eigenvalue weighted by Gasteiger charge is -2.18. The van der Waals surface area contributed by atoms with Crippen LogP contribution in [0.4, 0.5) is 5.69 Å². The number of nitrogens with one attached hydrogen (secondary N) is 2. The molecular weight excluding hydrogens is 520 g/mol. The van der Waals surface area contributed by atoms with Crippen molar-refractivity contribution in [2.24, 2.45) is 0 Å². The van der Waals surface area contributed by atoms with Gasteiger partial charge in [-0.1, -0.05) is 54.6 Å². The van der Waals surface area contributed by atoms with Crippen LogP contribution in [0.5, 0.6) is 5.75 Å². The fraction of sp³-hybridized carbons (Fsp3) is 0.310. The molecule has 0 amide bonds. The van der Waals surface area contributed by atoms with Gasteiger partial charge in [0, 0.05) is 24.7 Å². The fourth-order valence-electron chi connectivity index (χ4n) is 3.97. The van der Waals surface area contributed by atoms with Gasteiger partial charge in [-0.15, -0.1) is 0 Å². The van der Waals surface area contributed by atoms with Crippen LogP contribution in [-0.2, 0) is 48.7 Å². The zero-order valence-corrected chi connectivity index (χ0v) is 23.2. The Bertz CT molecular complexity index is 1380. The number of carbonyl (C=O) groups excluding carboxylic acids is 2. The normalized spacial score (nSPS) is 11.1. The Morgan fingerprint density at radius 3 is 2.28 bits per heavy atom. The summed E-state index contributed by atoms with van der Waals surface area (Å²) in [5.74, 6) is -0.330. The van der Waals surface area contributed by atoms with E-state index in [4.69, 9.17) is 14.2 Å². The van der Waals surface area contributed by atoms with Gasteiger partial charge < -0.3 is 19.5 Å². The van der Waals surface area contributed by atoms with Gasteiger partial charge in [0.15, 0.2) is 0 Å². The quantitative estimate of drug-likeness (QED) is 0.226. The minimum atomic E-state index is -3.61. The maximum absolute atomic E-state index is 12.3. The number of carbonyl (C=O) groups is 2. The highest BCUT2D eigenvalue weighted by Gasteiger charge is 2.19. The van der Waals surface area contributed by atoms with Crippen LogP contribution < -0.4 is 14.8 Å². The van der Waals surface area contributed by atoms with E-state index in [1.165, 1.54) is 7.11 Å². The summed E-state index contributed by atoms with van der Waals surface area (Å²) >= 11 is 0. The Kier molecular flexibility index (Phi) is 10.9. The lowest BCUT2D eigenvalue weighted by Crippen LogP contribution is -2.19.